The monoisotopic (exact) mass is 1100 g/mol. The molecule has 5 N–H and O–H groups in total. The molecule has 2 aliphatic rings. The van der Waals surface area contributed by atoms with Crippen molar-refractivity contribution in [2.75, 3.05) is 84.5 Å². The van der Waals surface area contributed by atoms with Gasteiger partial charge in [0.1, 0.15) is 41.6 Å². The normalized spacial score (nSPS) is 14.8. The van der Waals surface area contributed by atoms with Crippen LogP contribution < -0.4 is 58.7 Å². The standard InChI is InChI=1S/C28H34N6O5.C23H24ClN5O4.C5H11NO/c1-17(2)39-20-8-9-21-22(13-20)30-28(34-10-6-7-18(34)15-35)32-27(21)31-25-14-33(16-29-25)19-11-23(36-3)26(38-5)24(12-19)37-4;1-13(2)33-15-8-17(16-10-25-23(24)28-18(16)9-15)27-21-11-29(12-26-21)14-6-19(30-3)22(32-5)20(7-14)31-4;7-4-5-2-1-3-6-5/h8-9,11-14,16-18,35H,6-7,10,15H2,1-5H3,(H,30,31,32);6-13,27H,1-5H3;5-7H,1-4H2/t18-;;5-/m0.0/s1. The lowest BCUT2D eigenvalue weighted by Gasteiger charge is -2.24. The smallest absolute Gasteiger partial charge is 0.228 e. The molecule has 0 spiro atoms. The molecule has 2 aliphatic heterocycles. The molecule has 420 valence electrons. The van der Waals surface area contributed by atoms with E-state index in [0.717, 1.165) is 71.5 Å². The van der Waals surface area contributed by atoms with E-state index in [1.165, 1.54) is 6.42 Å². The minimum atomic E-state index is -0.00959. The summed E-state index contributed by atoms with van der Waals surface area (Å²) in [7, 11) is 9.46. The fraction of sp³-hybridized carbons (Fsp3) is 0.393. The van der Waals surface area contributed by atoms with Crippen LogP contribution in [0.3, 0.4) is 0 Å². The number of anilines is 5. The van der Waals surface area contributed by atoms with E-state index in [4.69, 9.17) is 64.6 Å². The summed E-state index contributed by atoms with van der Waals surface area (Å²) in [5, 5.41) is 30.1. The van der Waals surface area contributed by atoms with Crippen molar-refractivity contribution >= 4 is 62.5 Å². The second kappa shape index (κ2) is 26.5. The molecule has 79 heavy (non-hydrogen) atoms. The topological polar surface area (TPSA) is 241 Å². The van der Waals surface area contributed by atoms with Crippen molar-refractivity contribution in [3.63, 3.8) is 0 Å². The van der Waals surface area contributed by atoms with Gasteiger partial charge in [0.25, 0.3) is 0 Å². The first-order valence-electron chi connectivity index (χ1n) is 25.8. The van der Waals surface area contributed by atoms with Gasteiger partial charge in [-0.1, -0.05) is 0 Å². The van der Waals surface area contributed by atoms with E-state index in [2.05, 4.69) is 40.8 Å². The van der Waals surface area contributed by atoms with E-state index in [1.54, 1.807) is 61.5 Å². The van der Waals surface area contributed by atoms with Gasteiger partial charge in [-0.25, -0.2) is 24.9 Å². The first-order valence-corrected chi connectivity index (χ1v) is 26.2. The second-order valence-corrected chi connectivity index (χ2v) is 19.3. The first kappa shape index (κ1) is 57.1. The van der Waals surface area contributed by atoms with Crippen molar-refractivity contribution < 1.29 is 48.1 Å². The summed E-state index contributed by atoms with van der Waals surface area (Å²) in [6, 6.07) is 17.3. The van der Waals surface area contributed by atoms with Crippen LogP contribution in [0.4, 0.5) is 29.1 Å². The number of rotatable bonds is 19. The average molecular weight is 1110 g/mol. The third kappa shape index (κ3) is 13.8. The SMILES string of the molecule is COc1cc(-n2cnc(Nc3cc(OC(C)C)cc4nc(Cl)ncc34)c2)cc(OC)c1OC.COc1cc(-n2cnc(Nc3nc(N4CCC[C@H]4CO)nc4cc(OC(C)C)ccc34)c2)cc(OC)c1OC.OC[C@@H]1CCCN1. The second-order valence-electron chi connectivity index (χ2n) is 18.9. The van der Waals surface area contributed by atoms with E-state index in [0.29, 0.717) is 81.8 Å². The number of halogens is 1. The van der Waals surface area contributed by atoms with Gasteiger partial charge in [0.05, 0.1) is 115 Å². The molecule has 2 atom stereocenters. The predicted molar refractivity (Wildman–Crippen MR) is 304 cm³/mol. The minimum absolute atomic E-state index is 0.00634. The lowest BCUT2D eigenvalue weighted by molar-refractivity contribution is 0.242. The molecule has 0 aliphatic carbocycles. The number of nitrogens with zero attached hydrogens (tertiary/aromatic N) is 9. The van der Waals surface area contributed by atoms with Gasteiger partial charge in [-0.15, -0.1) is 0 Å². The van der Waals surface area contributed by atoms with E-state index in [1.807, 2.05) is 104 Å². The van der Waals surface area contributed by atoms with Crippen LogP contribution in [-0.4, -0.2) is 143 Å². The molecule has 0 saturated carbocycles. The van der Waals surface area contributed by atoms with Gasteiger partial charge in [-0.05, 0) is 83.7 Å². The number of hydrogen-bond donors (Lipinski definition) is 5. The number of aliphatic hydroxyl groups excluding tert-OH is 2. The molecule has 10 rings (SSSR count). The van der Waals surface area contributed by atoms with Crippen LogP contribution >= 0.6 is 11.6 Å². The highest BCUT2D eigenvalue weighted by Crippen LogP contribution is 2.41. The zero-order valence-corrected chi connectivity index (χ0v) is 46.9. The van der Waals surface area contributed by atoms with Crippen LogP contribution in [0.2, 0.25) is 5.28 Å². The summed E-state index contributed by atoms with van der Waals surface area (Å²) in [5.41, 5.74) is 3.74. The summed E-state index contributed by atoms with van der Waals surface area (Å²) in [4.78, 5) is 29.3. The van der Waals surface area contributed by atoms with Crippen molar-refractivity contribution in [3.8, 4) is 57.4 Å². The van der Waals surface area contributed by atoms with E-state index in [-0.39, 0.29) is 30.1 Å². The molecule has 0 amide bonds. The first-order chi connectivity index (χ1) is 38.3. The molecule has 2 saturated heterocycles. The average Bonchev–Trinajstić information content (AvgIpc) is 4.45. The quantitative estimate of drug-likeness (QED) is 0.0474. The van der Waals surface area contributed by atoms with Gasteiger partial charge in [-0.2, -0.15) is 4.98 Å². The molecule has 8 aromatic rings. The number of imidazole rings is 2. The molecule has 0 bridgehead atoms. The van der Waals surface area contributed by atoms with Crippen LogP contribution in [0.1, 0.15) is 53.4 Å². The fourth-order valence-electron chi connectivity index (χ4n) is 9.15. The van der Waals surface area contributed by atoms with Crippen LogP contribution in [-0.2, 0) is 0 Å². The van der Waals surface area contributed by atoms with Gasteiger partial charge >= 0.3 is 0 Å². The number of hydrogen-bond acceptors (Lipinski definition) is 20. The van der Waals surface area contributed by atoms with Crippen LogP contribution in [0.15, 0.2) is 85.8 Å². The Morgan fingerprint density at radius 2 is 1.20 bits per heavy atom. The van der Waals surface area contributed by atoms with Gasteiger partial charge in [0.15, 0.2) is 23.0 Å². The molecule has 0 radical (unpaired) electrons. The number of aliphatic hydroxyl groups is 2. The van der Waals surface area contributed by atoms with Crippen molar-refractivity contribution in [3.05, 3.63) is 91.1 Å². The Bertz CT molecular complexity index is 3260. The third-order valence-electron chi connectivity index (χ3n) is 12.8. The van der Waals surface area contributed by atoms with Gasteiger partial charge < -0.3 is 78.1 Å². The molecular weight excluding hydrogens is 1040 g/mol. The summed E-state index contributed by atoms with van der Waals surface area (Å²) < 4.78 is 48.2. The number of fused-ring (bicyclic) bond motifs is 2. The number of benzene rings is 4. The Kier molecular flexibility index (Phi) is 19.2. The number of methoxy groups -OCH3 is 6. The molecule has 4 aromatic carbocycles. The maximum absolute atomic E-state index is 9.91. The highest BCUT2D eigenvalue weighted by Gasteiger charge is 2.27. The van der Waals surface area contributed by atoms with Crippen molar-refractivity contribution in [1.29, 1.82) is 0 Å². The van der Waals surface area contributed by atoms with Crippen LogP contribution in [0.5, 0.6) is 46.0 Å². The Labute approximate surface area is 463 Å². The van der Waals surface area contributed by atoms with Crippen molar-refractivity contribution in [1.82, 2.24) is 44.4 Å². The number of aromatic nitrogens is 8. The van der Waals surface area contributed by atoms with Crippen molar-refractivity contribution in [2.45, 2.75) is 77.7 Å². The Hall–Kier alpha value is -8.05. The third-order valence-corrected chi connectivity index (χ3v) is 13.0. The molecule has 6 heterocycles. The Morgan fingerprint density at radius 1 is 0.633 bits per heavy atom. The zero-order valence-electron chi connectivity index (χ0n) is 46.1. The predicted octanol–water partition coefficient (Wildman–Crippen LogP) is 9.09. The van der Waals surface area contributed by atoms with Gasteiger partial charge in [0, 0.05) is 72.0 Å². The Balaban J connectivity index is 0.000000187. The van der Waals surface area contributed by atoms with Gasteiger partial charge in [-0.3, -0.25) is 0 Å². The fourth-order valence-corrected chi connectivity index (χ4v) is 9.29. The van der Waals surface area contributed by atoms with Gasteiger partial charge in [0.2, 0.25) is 22.7 Å². The molecular formula is C56H69ClN12O10. The summed E-state index contributed by atoms with van der Waals surface area (Å²) >= 11 is 6.00. The van der Waals surface area contributed by atoms with Crippen LogP contribution in [0, 0.1) is 0 Å². The largest absolute Gasteiger partial charge is 0.493 e. The molecule has 0 unspecified atom stereocenters. The molecule has 4 aromatic heterocycles. The summed E-state index contributed by atoms with van der Waals surface area (Å²) in [6.45, 7) is 10.1. The number of nitrogens with one attached hydrogen (secondary N) is 3. The van der Waals surface area contributed by atoms with E-state index in [9.17, 15) is 5.11 Å². The van der Waals surface area contributed by atoms with E-state index < -0.39 is 0 Å². The van der Waals surface area contributed by atoms with Crippen molar-refractivity contribution in [2.24, 2.45) is 0 Å². The highest BCUT2D eigenvalue weighted by atomic mass is 35.5. The summed E-state index contributed by atoms with van der Waals surface area (Å²) in [6.07, 6.45) is 13.1. The highest BCUT2D eigenvalue weighted by molar-refractivity contribution is 6.28. The maximum Gasteiger partial charge on any atom is 0.228 e. The lowest BCUT2D eigenvalue weighted by Crippen LogP contribution is -2.33. The number of ether oxygens (including phenoxy) is 8. The summed E-state index contributed by atoms with van der Waals surface area (Å²) in [5.74, 6) is 7.02. The zero-order chi connectivity index (χ0) is 56.2. The molecule has 23 heteroatoms. The lowest BCUT2D eigenvalue weighted by atomic mass is 10.2. The molecule has 22 nitrogen and oxygen atoms in total. The Morgan fingerprint density at radius 3 is 1.72 bits per heavy atom. The molecule has 2 fully saturated rings. The maximum atomic E-state index is 9.91. The minimum Gasteiger partial charge on any atom is -0.493 e. The van der Waals surface area contributed by atoms with E-state index >= 15 is 0 Å². The van der Waals surface area contributed by atoms with Crippen LogP contribution in [0.25, 0.3) is 33.2 Å².